The topological polar surface area (TPSA) is 43.1 Å². The summed E-state index contributed by atoms with van der Waals surface area (Å²) in [6.07, 6.45) is 0.794. The predicted molar refractivity (Wildman–Crippen MR) is 120 cm³/mol. The summed E-state index contributed by atoms with van der Waals surface area (Å²) in [7, 11) is 0. The van der Waals surface area contributed by atoms with Gasteiger partial charge in [-0.05, 0) is 62.1 Å². The highest BCUT2D eigenvalue weighted by Crippen LogP contribution is 2.25. The molecule has 4 nitrogen and oxygen atoms in total. The van der Waals surface area contributed by atoms with Crippen molar-refractivity contribution in [1.29, 1.82) is 0 Å². The third kappa shape index (κ3) is 4.31. The Kier molecular flexibility index (Phi) is 5.61. The quantitative estimate of drug-likeness (QED) is 0.376. The van der Waals surface area contributed by atoms with E-state index in [9.17, 15) is 0 Å². The molecule has 0 radical (unpaired) electrons. The lowest BCUT2D eigenvalue weighted by Crippen LogP contribution is -2.06. The maximum absolute atomic E-state index is 6.01. The Morgan fingerprint density at radius 2 is 1.72 bits per heavy atom. The molecule has 0 bridgehead atoms. The molecule has 0 atom stereocenters. The van der Waals surface area contributed by atoms with Gasteiger partial charge >= 0.3 is 0 Å². The van der Waals surface area contributed by atoms with E-state index >= 15 is 0 Å². The summed E-state index contributed by atoms with van der Waals surface area (Å²) in [5.41, 5.74) is 8.33. The summed E-state index contributed by atoms with van der Waals surface area (Å²) in [6, 6.07) is 14.5. The molecular weight excluding hydrogens is 400 g/mol. The molecule has 0 N–H and O–H groups in total. The van der Waals surface area contributed by atoms with Crippen molar-refractivity contribution in [1.82, 2.24) is 19.6 Å². The minimum absolute atomic E-state index is 0.656. The average molecular weight is 423 g/mol. The van der Waals surface area contributed by atoms with Gasteiger partial charge in [0.1, 0.15) is 0 Å². The first-order chi connectivity index (χ1) is 13.9. The van der Waals surface area contributed by atoms with Gasteiger partial charge in [-0.15, -0.1) is 5.10 Å². The number of rotatable bonds is 5. The molecule has 0 amide bonds. The molecule has 0 saturated carbocycles. The van der Waals surface area contributed by atoms with Crippen molar-refractivity contribution in [3.8, 4) is 0 Å². The third-order valence-corrected chi connectivity index (χ3v) is 6.32. The molecule has 2 aromatic carbocycles. The molecule has 29 heavy (non-hydrogen) atoms. The predicted octanol–water partition coefficient (Wildman–Crippen LogP) is 5.89. The highest BCUT2D eigenvalue weighted by molar-refractivity contribution is 7.98. The van der Waals surface area contributed by atoms with E-state index in [1.807, 2.05) is 23.6 Å². The van der Waals surface area contributed by atoms with Crippen LogP contribution in [0.3, 0.4) is 0 Å². The number of hydrogen-bond donors (Lipinski definition) is 0. The van der Waals surface area contributed by atoms with Crippen LogP contribution in [0.5, 0.6) is 0 Å². The zero-order chi connectivity index (χ0) is 20.5. The molecule has 6 heteroatoms. The number of aromatic nitrogens is 4. The smallest absolute Gasteiger partial charge is 0.216 e. The van der Waals surface area contributed by atoms with Crippen molar-refractivity contribution >= 4 is 29.1 Å². The zero-order valence-electron chi connectivity index (χ0n) is 17.0. The van der Waals surface area contributed by atoms with E-state index in [1.54, 1.807) is 11.8 Å². The Morgan fingerprint density at radius 3 is 2.48 bits per heavy atom. The average Bonchev–Trinajstić information content (AvgIpc) is 3.10. The van der Waals surface area contributed by atoms with Crippen molar-refractivity contribution in [3.05, 3.63) is 86.7 Å². The van der Waals surface area contributed by atoms with Gasteiger partial charge < -0.3 is 0 Å². The van der Waals surface area contributed by atoms with E-state index in [2.05, 4.69) is 56.1 Å². The van der Waals surface area contributed by atoms with Crippen LogP contribution >= 0.6 is 23.4 Å². The number of hydrogen-bond acceptors (Lipinski definition) is 4. The van der Waals surface area contributed by atoms with E-state index in [-0.39, 0.29) is 0 Å². The fourth-order valence-electron chi connectivity index (χ4n) is 3.41. The van der Waals surface area contributed by atoms with Crippen LogP contribution in [0.1, 0.15) is 39.2 Å². The number of benzene rings is 2. The van der Waals surface area contributed by atoms with E-state index in [4.69, 9.17) is 21.7 Å². The standard InChI is InChI=1S/C23H23ClN4S/c1-14-5-6-15(2)19(11-14)13-29-23-26-22-25-16(3)21(17(4)28(22)27-23)12-18-7-9-20(24)10-8-18/h5-11H,12-13H2,1-4H3. The second-order valence-corrected chi connectivity index (χ2v) is 8.77. The highest BCUT2D eigenvalue weighted by atomic mass is 35.5. The van der Waals surface area contributed by atoms with Gasteiger partial charge in [-0.2, -0.15) is 4.98 Å². The summed E-state index contributed by atoms with van der Waals surface area (Å²) in [5.74, 6) is 1.50. The highest BCUT2D eigenvalue weighted by Gasteiger charge is 2.14. The Labute approximate surface area is 180 Å². The summed E-state index contributed by atoms with van der Waals surface area (Å²) >= 11 is 7.66. The fraction of sp³-hybridized carbons (Fsp3) is 0.261. The minimum atomic E-state index is 0.656. The lowest BCUT2D eigenvalue weighted by molar-refractivity contribution is 0.823. The van der Waals surface area contributed by atoms with Crippen molar-refractivity contribution in [2.75, 3.05) is 0 Å². The molecule has 0 spiro atoms. The molecule has 148 valence electrons. The van der Waals surface area contributed by atoms with Crippen LogP contribution in [-0.4, -0.2) is 19.6 Å². The Morgan fingerprint density at radius 1 is 0.966 bits per heavy atom. The largest absolute Gasteiger partial charge is 0.253 e. The molecule has 2 aromatic heterocycles. The van der Waals surface area contributed by atoms with Gasteiger partial charge in [0.2, 0.25) is 5.16 Å². The number of nitrogens with zero attached hydrogens (tertiary/aromatic N) is 4. The minimum Gasteiger partial charge on any atom is -0.216 e. The van der Waals surface area contributed by atoms with Crippen molar-refractivity contribution in [3.63, 3.8) is 0 Å². The van der Waals surface area contributed by atoms with Crippen LogP contribution in [0.25, 0.3) is 5.78 Å². The van der Waals surface area contributed by atoms with Gasteiger partial charge in [0.15, 0.2) is 0 Å². The van der Waals surface area contributed by atoms with Crippen LogP contribution in [0.4, 0.5) is 0 Å². The summed E-state index contributed by atoms with van der Waals surface area (Å²) < 4.78 is 1.86. The molecule has 0 aliphatic heterocycles. The van der Waals surface area contributed by atoms with Gasteiger partial charge in [0, 0.05) is 28.6 Å². The lowest BCUT2D eigenvalue weighted by Gasteiger charge is -2.10. The number of aryl methyl sites for hydroxylation is 4. The van der Waals surface area contributed by atoms with Crippen LogP contribution in [0.2, 0.25) is 5.02 Å². The first kappa shape index (κ1) is 19.9. The summed E-state index contributed by atoms with van der Waals surface area (Å²) in [6.45, 7) is 8.39. The summed E-state index contributed by atoms with van der Waals surface area (Å²) in [5, 5.41) is 6.22. The van der Waals surface area contributed by atoms with Crippen LogP contribution in [0, 0.1) is 27.7 Å². The Bertz CT molecular complexity index is 1180. The molecule has 0 fully saturated rings. The van der Waals surface area contributed by atoms with Gasteiger partial charge in [0.25, 0.3) is 5.78 Å². The van der Waals surface area contributed by atoms with Gasteiger partial charge in [-0.25, -0.2) is 9.50 Å². The molecule has 0 aliphatic carbocycles. The second kappa shape index (κ2) is 8.17. The first-order valence-electron chi connectivity index (χ1n) is 9.57. The molecule has 0 unspecified atom stereocenters. The molecule has 4 rings (SSSR count). The maximum Gasteiger partial charge on any atom is 0.253 e. The van der Waals surface area contributed by atoms with E-state index in [0.717, 1.165) is 33.7 Å². The van der Waals surface area contributed by atoms with Gasteiger partial charge in [0.05, 0.1) is 0 Å². The maximum atomic E-state index is 6.01. The molecule has 4 aromatic rings. The number of fused-ring (bicyclic) bond motifs is 1. The number of thioether (sulfide) groups is 1. The molecule has 2 heterocycles. The van der Waals surface area contributed by atoms with Crippen LogP contribution in [0.15, 0.2) is 47.6 Å². The normalized spacial score (nSPS) is 11.3. The van der Waals surface area contributed by atoms with E-state index in [1.165, 1.54) is 27.8 Å². The zero-order valence-corrected chi connectivity index (χ0v) is 18.6. The fourth-order valence-corrected chi connectivity index (χ4v) is 4.42. The monoisotopic (exact) mass is 422 g/mol. The molecular formula is C23H23ClN4S. The van der Waals surface area contributed by atoms with Gasteiger partial charge in [-0.1, -0.05) is 59.3 Å². The lowest BCUT2D eigenvalue weighted by atomic mass is 10.0. The summed E-state index contributed by atoms with van der Waals surface area (Å²) in [4.78, 5) is 9.35. The SMILES string of the molecule is Cc1ccc(C)c(CSc2nc3nc(C)c(Cc4ccc(Cl)cc4)c(C)n3n2)c1. The molecule has 0 aliphatic rings. The van der Waals surface area contributed by atoms with Crippen molar-refractivity contribution in [2.24, 2.45) is 0 Å². The first-order valence-corrected chi connectivity index (χ1v) is 10.9. The van der Waals surface area contributed by atoms with E-state index in [0.29, 0.717) is 5.78 Å². The number of halogens is 1. The van der Waals surface area contributed by atoms with Crippen molar-refractivity contribution in [2.45, 2.75) is 45.0 Å². The second-order valence-electron chi connectivity index (χ2n) is 7.39. The Hall–Kier alpha value is -2.37. The van der Waals surface area contributed by atoms with E-state index < -0.39 is 0 Å². The van der Waals surface area contributed by atoms with Crippen LogP contribution < -0.4 is 0 Å². The third-order valence-electron chi connectivity index (χ3n) is 5.19. The van der Waals surface area contributed by atoms with Gasteiger partial charge in [-0.3, -0.25) is 0 Å². The molecule has 0 saturated heterocycles. The van der Waals surface area contributed by atoms with Crippen molar-refractivity contribution < 1.29 is 0 Å². The van der Waals surface area contributed by atoms with Crippen LogP contribution in [-0.2, 0) is 12.2 Å². The Balaban J connectivity index is 1.61.